The number of carbonyl (C=O) groups is 2. The fraction of sp³-hybridized carbons (Fsp3) is 0.294. The quantitative estimate of drug-likeness (QED) is 0.474. The van der Waals surface area contributed by atoms with E-state index in [9.17, 15) is 9.59 Å². The summed E-state index contributed by atoms with van der Waals surface area (Å²) in [5.41, 5.74) is 0.845. The largest absolute Gasteiger partial charge is 0.493 e. The van der Waals surface area contributed by atoms with E-state index in [2.05, 4.69) is 15.3 Å². The van der Waals surface area contributed by atoms with Crippen molar-refractivity contribution in [2.75, 3.05) is 19.5 Å². The lowest BCUT2D eigenvalue weighted by Gasteiger charge is -2.26. The summed E-state index contributed by atoms with van der Waals surface area (Å²) in [6, 6.07) is 7.33. The summed E-state index contributed by atoms with van der Waals surface area (Å²) >= 11 is 7.20. The van der Waals surface area contributed by atoms with Crippen LogP contribution in [0.25, 0.3) is 0 Å². The zero-order chi connectivity index (χ0) is 18.5. The van der Waals surface area contributed by atoms with Gasteiger partial charge in [0.1, 0.15) is 5.75 Å². The Balaban J connectivity index is 1.59. The minimum absolute atomic E-state index is 0.0600. The smallest absolute Gasteiger partial charge is 0.359 e. The normalized spacial score (nSPS) is 15.5. The molecule has 1 aromatic heterocycles. The summed E-state index contributed by atoms with van der Waals surface area (Å²) in [5, 5.41) is 3.32. The predicted molar refractivity (Wildman–Crippen MR) is 96.5 cm³/mol. The fourth-order valence-electron chi connectivity index (χ4n) is 2.52. The zero-order valence-corrected chi connectivity index (χ0v) is 15.5. The van der Waals surface area contributed by atoms with Crippen molar-refractivity contribution in [2.24, 2.45) is 0 Å². The van der Waals surface area contributed by atoms with Crippen LogP contribution in [0.5, 0.6) is 5.75 Å². The average Bonchev–Trinajstić information content (AvgIpc) is 2.67. The molecule has 1 aliphatic heterocycles. The van der Waals surface area contributed by atoms with Crippen molar-refractivity contribution >= 4 is 35.2 Å². The molecule has 9 heteroatoms. The van der Waals surface area contributed by atoms with Gasteiger partial charge in [-0.3, -0.25) is 4.79 Å². The first kappa shape index (κ1) is 18.5. The van der Waals surface area contributed by atoms with Crippen LogP contribution < -0.4 is 10.1 Å². The number of fused-ring (bicyclic) bond motifs is 1. The topological polar surface area (TPSA) is 90.4 Å². The molecule has 1 unspecified atom stereocenters. The van der Waals surface area contributed by atoms with Gasteiger partial charge < -0.3 is 14.8 Å². The van der Waals surface area contributed by atoms with Gasteiger partial charge in [-0.25, -0.2) is 14.8 Å². The number of nitrogens with one attached hydrogen (secondary N) is 1. The first-order valence-corrected chi connectivity index (χ1v) is 9.43. The van der Waals surface area contributed by atoms with Crippen LogP contribution in [-0.2, 0) is 9.53 Å². The molecule has 1 aliphatic rings. The Bertz CT molecular complexity index is 833. The number of esters is 1. The Kier molecular flexibility index (Phi) is 5.95. The maximum atomic E-state index is 12.2. The molecule has 0 spiro atoms. The van der Waals surface area contributed by atoms with E-state index in [0.29, 0.717) is 18.2 Å². The number of thioether (sulfide) groups is 1. The SMILES string of the molecule is CSc1ncc(Cl)c(C(=O)OCC(=O)NC2CCOc3ccccc32)n1. The summed E-state index contributed by atoms with van der Waals surface area (Å²) < 4.78 is 10.6. The van der Waals surface area contributed by atoms with Gasteiger partial charge in [0, 0.05) is 12.0 Å². The molecule has 0 saturated carbocycles. The van der Waals surface area contributed by atoms with Crippen LogP contribution in [-0.4, -0.2) is 41.3 Å². The van der Waals surface area contributed by atoms with Gasteiger partial charge in [0.25, 0.3) is 5.91 Å². The van der Waals surface area contributed by atoms with Crippen LogP contribution >= 0.6 is 23.4 Å². The van der Waals surface area contributed by atoms with Gasteiger partial charge >= 0.3 is 5.97 Å². The van der Waals surface area contributed by atoms with Crippen LogP contribution in [0.2, 0.25) is 5.02 Å². The summed E-state index contributed by atoms with van der Waals surface area (Å²) in [4.78, 5) is 32.3. The van der Waals surface area contributed by atoms with Crippen molar-refractivity contribution < 1.29 is 19.1 Å². The third-order valence-electron chi connectivity index (χ3n) is 3.73. The van der Waals surface area contributed by atoms with Gasteiger partial charge in [0.15, 0.2) is 17.5 Å². The van der Waals surface area contributed by atoms with Crippen molar-refractivity contribution in [1.82, 2.24) is 15.3 Å². The number of ether oxygens (including phenoxy) is 2. The Morgan fingerprint density at radius 1 is 1.42 bits per heavy atom. The number of hydrogen-bond donors (Lipinski definition) is 1. The highest BCUT2D eigenvalue weighted by Gasteiger charge is 2.23. The van der Waals surface area contributed by atoms with Crippen LogP contribution in [0.1, 0.15) is 28.5 Å². The van der Waals surface area contributed by atoms with Crippen LogP contribution in [0.3, 0.4) is 0 Å². The maximum Gasteiger partial charge on any atom is 0.359 e. The number of nitrogens with zero attached hydrogens (tertiary/aromatic N) is 2. The molecule has 26 heavy (non-hydrogen) atoms. The molecule has 2 heterocycles. The van der Waals surface area contributed by atoms with E-state index in [1.54, 1.807) is 6.26 Å². The third-order valence-corrected chi connectivity index (χ3v) is 4.56. The third kappa shape index (κ3) is 4.25. The number of aromatic nitrogens is 2. The van der Waals surface area contributed by atoms with Crippen molar-refractivity contribution in [2.45, 2.75) is 17.6 Å². The molecule has 0 radical (unpaired) electrons. The number of hydrogen-bond acceptors (Lipinski definition) is 7. The first-order valence-electron chi connectivity index (χ1n) is 7.83. The molecule has 0 aliphatic carbocycles. The molecule has 7 nitrogen and oxygen atoms in total. The van der Waals surface area contributed by atoms with Crippen molar-refractivity contribution in [3.8, 4) is 5.75 Å². The van der Waals surface area contributed by atoms with E-state index < -0.39 is 18.5 Å². The summed E-state index contributed by atoms with van der Waals surface area (Å²) in [6.45, 7) is 0.0864. The summed E-state index contributed by atoms with van der Waals surface area (Å²) in [6.07, 6.45) is 3.75. The highest BCUT2D eigenvalue weighted by Crippen LogP contribution is 2.31. The molecule has 0 fully saturated rings. The van der Waals surface area contributed by atoms with E-state index in [-0.39, 0.29) is 16.8 Å². The van der Waals surface area contributed by atoms with Gasteiger partial charge in [-0.05, 0) is 12.3 Å². The lowest BCUT2D eigenvalue weighted by Crippen LogP contribution is -2.35. The second-order valence-electron chi connectivity index (χ2n) is 5.42. The molecule has 1 N–H and O–H groups in total. The number of carbonyl (C=O) groups excluding carboxylic acids is 2. The minimum atomic E-state index is -0.768. The Morgan fingerprint density at radius 2 is 2.23 bits per heavy atom. The molecule has 3 rings (SSSR count). The Hall–Kier alpha value is -2.32. The average molecular weight is 394 g/mol. The van der Waals surface area contributed by atoms with Gasteiger partial charge in [0.2, 0.25) is 0 Å². The molecule has 1 amide bonds. The Labute approximate surface area is 159 Å². The first-order chi connectivity index (χ1) is 12.6. The predicted octanol–water partition coefficient (Wildman–Crippen LogP) is 2.65. The fourth-order valence-corrected chi connectivity index (χ4v) is 3.03. The Morgan fingerprint density at radius 3 is 3.04 bits per heavy atom. The minimum Gasteiger partial charge on any atom is -0.493 e. The molecular weight excluding hydrogens is 378 g/mol. The standard InChI is InChI=1S/C17H16ClN3O4S/c1-26-17-19-8-11(18)15(21-17)16(23)25-9-14(22)20-12-6-7-24-13-5-3-2-4-10(12)13/h2-5,8,12H,6-7,9H2,1H3,(H,20,22). The van der Waals surface area contributed by atoms with E-state index in [1.807, 2.05) is 24.3 Å². The number of halogens is 1. The van der Waals surface area contributed by atoms with Gasteiger partial charge in [-0.15, -0.1) is 0 Å². The van der Waals surface area contributed by atoms with E-state index in [0.717, 1.165) is 11.3 Å². The molecular formula is C17H16ClN3O4S. The maximum absolute atomic E-state index is 12.2. The highest BCUT2D eigenvalue weighted by molar-refractivity contribution is 7.98. The molecule has 0 saturated heterocycles. The van der Waals surface area contributed by atoms with E-state index >= 15 is 0 Å². The van der Waals surface area contributed by atoms with Gasteiger partial charge in [-0.2, -0.15) is 0 Å². The number of benzene rings is 1. The van der Waals surface area contributed by atoms with Crippen molar-refractivity contribution in [1.29, 1.82) is 0 Å². The van der Waals surface area contributed by atoms with Crippen LogP contribution in [0.15, 0.2) is 35.6 Å². The number of para-hydroxylation sites is 1. The van der Waals surface area contributed by atoms with Crippen LogP contribution in [0, 0.1) is 0 Å². The van der Waals surface area contributed by atoms with Gasteiger partial charge in [-0.1, -0.05) is 41.6 Å². The molecule has 2 aromatic rings. The van der Waals surface area contributed by atoms with Crippen molar-refractivity contribution in [3.05, 3.63) is 46.7 Å². The molecule has 1 aromatic carbocycles. The van der Waals surface area contributed by atoms with Crippen molar-refractivity contribution in [3.63, 3.8) is 0 Å². The lowest BCUT2D eigenvalue weighted by atomic mass is 10.0. The zero-order valence-electron chi connectivity index (χ0n) is 13.9. The van der Waals surface area contributed by atoms with E-state index in [1.165, 1.54) is 18.0 Å². The second kappa shape index (κ2) is 8.37. The van der Waals surface area contributed by atoms with E-state index in [4.69, 9.17) is 21.1 Å². The number of rotatable bonds is 5. The lowest BCUT2D eigenvalue weighted by molar-refractivity contribution is -0.125. The second-order valence-corrected chi connectivity index (χ2v) is 6.61. The van der Waals surface area contributed by atoms with Crippen LogP contribution in [0.4, 0.5) is 0 Å². The molecule has 0 bridgehead atoms. The number of amides is 1. The summed E-state index contributed by atoms with van der Waals surface area (Å²) in [5.74, 6) is -0.427. The highest BCUT2D eigenvalue weighted by atomic mass is 35.5. The monoisotopic (exact) mass is 393 g/mol. The molecule has 136 valence electrons. The summed E-state index contributed by atoms with van der Waals surface area (Å²) in [7, 11) is 0. The van der Waals surface area contributed by atoms with Gasteiger partial charge in [0.05, 0.1) is 23.9 Å². The molecule has 1 atom stereocenters.